The van der Waals surface area contributed by atoms with Crippen LogP contribution in [0.3, 0.4) is 0 Å². The quantitative estimate of drug-likeness (QED) is 0.917. The molecule has 1 aromatic carbocycles. The number of benzene rings is 1. The number of anilines is 1. The first-order chi connectivity index (χ1) is 8.65. The van der Waals surface area contributed by atoms with Crippen molar-refractivity contribution in [2.45, 2.75) is 19.1 Å². The first-order valence-electron chi connectivity index (χ1n) is 5.91. The zero-order chi connectivity index (χ0) is 13.0. The van der Waals surface area contributed by atoms with Crippen molar-refractivity contribution in [2.75, 3.05) is 11.1 Å². The monoisotopic (exact) mass is 260 g/mol. The van der Waals surface area contributed by atoms with E-state index < -0.39 is 0 Å². The molecule has 1 heterocycles. The maximum Gasteiger partial charge on any atom is 0.234 e. The predicted molar refractivity (Wildman–Crippen MR) is 78.0 cm³/mol. The number of hydrogen-bond donors (Lipinski definition) is 1. The fourth-order valence-corrected chi connectivity index (χ4v) is 2.14. The average molecular weight is 260 g/mol. The minimum atomic E-state index is 0.0192. The lowest BCUT2D eigenvalue weighted by molar-refractivity contribution is -0.113. The third-order valence-electron chi connectivity index (χ3n) is 2.42. The van der Waals surface area contributed by atoms with Crippen LogP contribution in [0.25, 0.3) is 10.9 Å². The second kappa shape index (κ2) is 5.87. The van der Waals surface area contributed by atoms with E-state index in [0.29, 0.717) is 11.0 Å². The second-order valence-electron chi connectivity index (χ2n) is 4.32. The van der Waals surface area contributed by atoms with E-state index in [2.05, 4.69) is 24.1 Å². The van der Waals surface area contributed by atoms with Crippen LogP contribution in [0.15, 0.2) is 36.5 Å². The van der Waals surface area contributed by atoms with Crippen LogP contribution in [0, 0.1) is 0 Å². The van der Waals surface area contributed by atoms with E-state index in [9.17, 15) is 4.79 Å². The molecule has 0 saturated carbocycles. The molecule has 1 N–H and O–H groups in total. The molecule has 1 amide bonds. The number of fused-ring (bicyclic) bond motifs is 1. The summed E-state index contributed by atoms with van der Waals surface area (Å²) in [5.74, 6) is 0.496. The van der Waals surface area contributed by atoms with E-state index in [1.807, 2.05) is 30.3 Å². The molecule has 4 heteroatoms. The van der Waals surface area contributed by atoms with E-state index in [1.54, 1.807) is 18.0 Å². The van der Waals surface area contributed by atoms with Gasteiger partial charge in [0, 0.05) is 5.39 Å². The fourth-order valence-electron chi connectivity index (χ4n) is 1.58. The van der Waals surface area contributed by atoms with Crippen LogP contribution < -0.4 is 5.32 Å². The van der Waals surface area contributed by atoms with Gasteiger partial charge in [0.25, 0.3) is 0 Å². The van der Waals surface area contributed by atoms with Gasteiger partial charge in [-0.2, -0.15) is 0 Å². The molecule has 0 atom stereocenters. The molecule has 0 aliphatic rings. The maximum absolute atomic E-state index is 11.7. The lowest BCUT2D eigenvalue weighted by Crippen LogP contribution is -2.15. The molecule has 2 rings (SSSR count). The van der Waals surface area contributed by atoms with Gasteiger partial charge in [-0.3, -0.25) is 9.78 Å². The van der Waals surface area contributed by atoms with Crippen LogP contribution >= 0.6 is 11.8 Å². The van der Waals surface area contributed by atoms with Gasteiger partial charge >= 0.3 is 0 Å². The molecule has 0 unspecified atom stereocenters. The zero-order valence-electron chi connectivity index (χ0n) is 10.5. The normalized spacial score (nSPS) is 10.8. The van der Waals surface area contributed by atoms with E-state index in [4.69, 9.17) is 0 Å². The molecule has 3 nitrogen and oxygen atoms in total. The average Bonchev–Trinajstić information content (AvgIpc) is 2.36. The van der Waals surface area contributed by atoms with Gasteiger partial charge in [0.05, 0.1) is 23.2 Å². The van der Waals surface area contributed by atoms with Gasteiger partial charge in [0.1, 0.15) is 0 Å². The largest absolute Gasteiger partial charge is 0.324 e. The number of carbonyl (C=O) groups is 1. The fraction of sp³-hybridized carbons (Fsp3) is 0.286. The summed E-state index contributed by atoms with van der Waals surface area (Å²) in [7, 11) is 0. The Morgan fingerprint density at radius 2 is 2.17 bits per heavy atom. The molecule has 94 valence electrons. The molecule has 0 fully saturated rings. The summed E-state index contributed by atoms with van der Waals surface area (Å²) in [5.41, 5.74) is 1.69. The van der Waals surface area contributed by atoms with Crippen molar-refractivity contribution in [3.8, 4) is 0 Å². The summed E-state index contributed by atoms with van der Waals surface area (Å²) in [4.78, 5) is 16.0. The summed E-state index contributed by atoms with van der Waals surface area (Å²) in [5, 5.41) is 4.36. The first-order valence-corrected chi connectivity index (χ1v) is 6.96. The SMILES string of the molecule is CC(C)SCC(=O)Nc1cnc2ccccc2c1. The summed E-state index contributed by atoms with van der Waals surface area (Å²) in [6.07, 6.45) is 1.69. The Kier molecular flexibility index (Phi) is 4.20. The van der Waals surface area contributed by atoms with E-state index in [1.165, 1.54) is 0 Å². The summed E-state index contributed by atoms with van der Waals surface area (Å²) < 4.78 is 0. The number of nitrogens with zero attached hydrogens (tertiary/aromatic N) is 1. The minimum absolute atomic E-state index is 0.0192. The third kappa shape index (κ3) is 3.47. The molecule has 0 radical (unpaired) electrons. The van der Waals surface area contributed by atoms with Crippen molar-refractivity contribution < 1.29 is 4.79 Å². The Balaban J connectivity index is 2.05. The van der Waals surface area contributed by atoms with Gasteiger partial charge < -0.3 is 5.32 Å². The molecule has 2 aromatic rings. The van der Waals surface area contributed by atoms with Crippen molar-refractivity contribution in [1.82, 2.24) is 4.98 Å². The molecular weight excluding hydrogens is 244 g/mol. The van der Waals surface area contributed by atoms with Crippen molar-refractivity contribution in [3.05, 3.63) is 36.5 Å². The van der Waals surface area contributed by atoms with Crippen LogP contribution in [-0.4, -0.2) is 21.9 Å². The molecule has 0 aliphatic heterocycles. The number of nitrogens with one attached hydrogen (secondary N) is 1. The number of hydrogen-bond acceptors (Lipinski definition) is 3. The highest BCUT2D eigenvalue weighted by atomic mass is 32.2. The number of carbonyl (C=O) groups excluding carboxylic acids is 1. The van der Waals surface area contributed by atoms with Crippen molar-refractivity contribution in [3.63, 3.8) is 0 Å². The number of para-hydroxylation sites is 1. The van der Waals surface area contributed by atoms with Crippen LogP contribution in [-0.2, 0) is 4.79 Å². The molecule has 0 saturated heterocycles. The predicted octanol–water partition coefficient (Wildman–Crippen LogP) is 3.31. The lowest BCUT2D eigenvalue weighted by atomic mass is 10.2. The topological polar surface area (TPSA) is 42.0 Å². The van der Waals surface area contributed by atoms with Crippen LogP contribution in [0.1, 0.15) is 13.8 Å². The van der Waals surface area contributed by atoms with E-state index >= 15 is 0 Å². The van der Waals surface area contributed by atoms with Crippen LogP contribution in [0.4, 0.5) is 5.69 Å². The van der Waals surface area contributed by atoms with Gasteiger partial charge in [-0.15, -0.1) is 11.8 Å². The smallest absolute Gasteiger partial charge is 0.234 e. The van der Waals surface area contributed by atoms with E-state index in [-0.39, 0.29) is 5.91 Å². The summed E-state index contributed by atoms with van der Waals surface area (Å²) >= 11 is 1.63. The molecule has 0 bridgehead atoms. The molecular formula is C14H16N2OS. The zero-order valence-corrected chi connectivity index (χ0v) is 11.3. The highest BCUT2D eigenvalue weighted by Crippen LogP contribution is 2.16. The van der Waals surface area contributed by atoms with Gasteiger partial charge in [-0.05, 0) is 17.4 Å². The Labute approximate surface area is 111 Å². The molecule has 18 heavy (non-hydrogen) atoms. The molecule has 0 spiro atoms. The van der Waals surface area contributed by atoms with E-state index in [0.717, 1.165) is 16.6 Å². The third-order valence-corrected chi connectivity index (χ3v) is 3.52. The Morgan fingerprint density at radius 3 is 2.94 bits per heavy atom. The number of rotatable bonds is 4. The minimum Gasteiger partial charge on any atom is -0.324 e. The highest BCUT2D eigenvalue weighted by molar-refractivity contribution is 8.00. The second-order valence-corrected chi connectivity index (χ2v) is 5.89. The maximum atomic E-state index is 11.7. The lowest BCUT2D eigenvalue weighted by Gasteiger charge is -2.07. The van der Waals surface area contributed by atoms with Crippen LogP contribution in [0.5, 0.6) is 0 Å². The van der Waals surface area contributed by atoms with Crippen molar-refractivity contribution in [1.29, 1.82) is 0 Å². The number of aromatic nitrogens is 1. The highest BCUT2D eigenvalue weighted by Gasteiger charge is 2.05. The molecule has 1 aromatic heterocycles. The summed E-state index contributed by atoms with van der Waals surface area (Å²) in [6.45, 7) is 4.16. The number of thioether (sulfide) groups is 1. The standard InChI is InChI=1S/C14H16N2OS/c1-10(2)18-9-14(17)16-12-7-11-5-3-4-6-13(11)15-8-12/h3-8,10H,9H2,1-2H3,(H,16,17). The Hall–Kier alpha value is -1.55. The Morgan fingerprint density at radius 1 is 1.39 bits per heavy atom. The number of pyridine rings is 1. The van der Waals surface area contributed by atoms with Crippen molar-refractivity contribution in [2.24, 2.45) is 0 Å². The van der Waals surface area contributed by atoms with Gasteiger partial charge in [0.2, 0.25) is 5.91 Å². The molecule has 0 aliphatic carbocycles. The van der Waals surface area contributed by atoms with Gasteiger partial charge in [-0.1, -0.05) is 32.0 Å². The van der Waals surface area contributed by atoms with Crippen LogP contribution in [0.2, 0.25) is 0 Å². The summed E-state index contributed by atoms with van der Waals surface area (Å²) in [6, 6.07) is 9.80. The Bertz CT molecular complexity index is 554. The first kappa shape index (κ1) is 12.9. The van der Waals surface area contributed by atoms with Crippen molar-refractivity contribution >= 4 is 34.3 Å². The van der Waals surface area contributed by atoms with Gasteiger partial charge in [-0.25, -0.2) is 0 Å². The van der Waals surface area contributed by atoms with Gasteiger partial charge in [0.15, 0.2) is 0 Å². The number of amides is 1.